The van der Waals surface area contributed by atoms with Crippen LogP contribution in [-0.2, 0) is 27.2 Å². The third kappa shape index (κ3) is 6.62. The summed E-state index contributed by atoms with van der Waals surface area (Å²) in [6.45, 7) is 1.24. The summed E-state index contributed by atoms with van der Waals surface area (Å²) in [6, 6.07) is 6.44. The number of pyridine rings is 1. The molecule has 0 fully saturated rings. The molecule has 0 aliphatic carbocycles. The number of nitrogens with one attached hydrogen (secondary N) is 2. The van der Waals surface area contributed by atoms with Crippen molar-refractivity contribution in [2.75, 3.05) is 0 Å². The molecule has 7 nitrogen and oxygen atoms in total. The molecule has 148 valence electrons. The highest BCUT2D eigenvalue weighted by Crippen LogP contribution is 2.10. The fourth-order valence-corrected chi connectivity index (χ4v) is 2.70. The average Bonchev–Trinajstić information content (AvgIpc) is 2.62. The van der Waals surface area contributed by atoms with Crippen molar-refractivity contribution in [1.82, 2.24) is 15.6 Å². The Bertz CT molecular complexity index is 861. The number of nitrogens with zero attached hydrogens (tertiary/aromatic N) is 1. The van der Waals surface area contributed by atoms with E-state index in [-0.39, 0.29) is 18.0 Å². The average molecular weight is 408 g/mol. The molecule has 3 N–H and O–H groups in total. The quantitative estimate of drug-likeness (QED) is 0.577. The first-order chi connectivity index (χ1) is 13.2. The molecule has 2 atom stereocenters. The lowest BCUT2D eigenvalue weighted by molar-refractivity contribution is -0.142. The van der Waals surface area contributed by atoms with Crippen molar-refractivity contribution in [2.24, 2.45) is 0 Å². The minimum atomic E-state index is -1.24. The summed E-state index contributed by atoms with van der Waals surface area (Å²) < 4.78 is 13.4. The normalized spacial score (nSPS) is 12.7. The van der Waals surface area contributed by atoms with E-state index in [0.717, 1.165) is 0 Å². The predicted octanol–water partition coefficient (Wildman–Crippen LogP) is 1.73. The molecule has 2 amide bonds. The van der Waals surface area contributed by atoms with Crippen LogP contribution in [0.4, 0.5) is 4.39 Å². The predicted molar refractivity (Wildman–Crippen MR) is 100 cm³/mol. The van der Waals surface area contributed by atoms with E-state index in [2.05, 4.69) is 15.6 Å². The number of carboxylic acid groups (broad SMARTS) is 1. The van der Waals surface area contributed by atoms with Crippen molar-refractivity contribution in [3.05, 3.63) is 64.7 Å². The van der Waals surface area contributed by atoms with Crippen LogP contribution < -0.4 is 10.6 Å². The Labute approximate surface area is 165 Å². The van der Waals surface area contributed by atoms with E-state index >= 15 is 0 Å². The van der Waals surface area contributed by atoms with Crippen LogP contribution in [0.1, 0.15) is 18.1 Å². The molecule has 1 aromatic heterocycles. The van der Waals surface area contributed by atoms with Crippen molar-refractivity contribution in [2.45, 2.75) is 31.8 Å². The van der Waals surface area contributed by atoms with E-state index in [4.69, 9.17) is 11.6 Å². The second-order valence-electron chi connectivity index (χ2n) is 6.18. The van der Waals surface area contributed by atoms with Crippen molar-refractivity contribution in [3.63, 3.8) is 0 Å². The summed E-state index contributed by atoms with van der Waals surface area (Å²) >= 11 is 5.71. The molecule has 0 saturated carbocycles. The van der Waals surface area contributed by atoms with Gasteiger partial charge in [-0.05, 0) is 29.3 Å². The molecule has 0 spiro atoms. The molecule has 0 unspecified atom stereocenters. The van der Waals surface area contributed by atoms with Crippen LogP contribution in [0.3, 0.4) is 0 Å². The van der Waals surface area contributed by atoms with E-state index in [1.807, 2.05) is 0 Å². The Morgan fingerprint density at radius 2 is 1.82 bits per heavy atom. The zero-order valence-corrected chi connectivity index (χ0v) is 15.7. The molecule has 0 radical (unpaired) electrons. The Kier molecular flexibility index (Phi) is 7.45. The fraction of sp³-hybridized carbons (Fsp3) is 0.263. The van der Waals surface area contributed by atoms with Crippen LogP contribution in [-0.4, -0.2) is 40.0 Å². The van der Waals surface area contributed by atoms with Crippen LogP contribution in [0.2, 0.25) is 5.15 Å². The Balaban J connectivity index is 2.12. The molecule has 0 saturated heterocycles. The Hall–Kier alpha value is -3.00. The van der Waals surface area contributed by atoms with Gasteiger partial charge in [0.15, 0.2) is 0 Å². The highest BCUT2D eigenvalue weighted by atomic mass is 35.5. The maximum Gasteiger partial charge on any atom is 0.326 e. The molecular formula is C19H19ClFN3O4. The zero-order chi connectivity index (χ0) is 20.7. The van der Waals surface area contributed by atoms with Gasteiger partial charge in [-0.2, -0.15) is 0 Å². The lowest BCUT2D eigenvalue weighted by Crippen LogP contribution is -2.52. The molecule has 2 rings (SSSR count). The molecule has 1 aromatic carbocycles. The second-order valence-corrected chi connectivity index (χ2v) is 6.57. The number of carbonyl (C=O) groups excluding carboxylic acids is 2. The first kappa shape index (κ1) is 21.3. The first-order valence-electron chi connectivity index (χ1n) is 8.39. The number of rotatable bonds is 8. The number of halogens is 2. The highest BCUT2D eigenvalue weighted by molar-refractivity contribution is 6.29. The minimum Gasteiger partial charge on any atom is -0.480 e. The SMILES string of the molecule is CC(=O)N[C@H](Cc1cccc(F)c1)C(=O)N[C@@H](Cc1ccc(Cl)nc1)C(=O)O. The van der Waals surface area contributed by atoms with Gasteiger partial charge in [-0.25, -0.2) is 14.2 Å². The van der Waals surface area contributed by atoms with Gasteiger partial charge in [-0.3, -0.25) is 9.59 Å². The molecule has 0 aliphatic heterocycles. The lowest BCUT2D eigenvalue weighted by Gasteiger charge is -2.21. The van der Waals surface area contributed by atoms with E-state index < -0.39 is 35.7 Å². The van der Waals surface area contributed by atoms with Gasteiger partial charge < -0.3 is 15.7 Å². The van der Waals surface area contributed by atoms with Crippen LogP contribution in [0.25, 0.3) is 0 Å². The number of aliphatic carboxylic acids is 1. The minimum absolute atomic E-state index is 0.0119. The molecule has 0 bridgehead atoms. The molecule has 28 heavy (non-hydrogen) atoms. The van der Waals surface area contributed by atoms with Gasteiger partial charge in [0.05, 0.1) is 0 Å². The van der Waals surface area contributed by atoms with Crippen LogP contribution in [0.15, 0.2) is 42.6 Å². The van der Waals surface area contributed by atoms with Gasteiger partial charge in [0.1, 0.15) is 23.1 Å². The van der Waals surface area contributed by atoms with Gasteiger partial charge >= 0.3 is 5.97 Å². The topological polar surface area (TPSA) is 108 Å². The molecule has 1 heterocycles. The van der Waals surface area contributed by atoms with Gasteiger partial charge in [-0.15, -0.1) is 0 Å². The fourth-order valence-electron chi connectivity index (χ4n) is 2.59. The number of aromatic nitrogens is 1. The second kappa shape index (κ2) is 9.80. The van der Waals surface area contributed by atoms with Gasteiger partial charge in [0, 0.05) is 26.0 Å². The molecule has 2 aromatic rings. The number of carboxylic acids is 1. The number of carbonyl (C=O) groups is 3. The zero-order valence-electron chi connectivity index (χ0n) is 15.0. The van der Waals surface area contributed by atoms with Crippen LogP contribution >= 0.6 is 11.6 Å². The summed E-state index contributed by atoms with van der Waals surface area (Å²) in [5.74, 6) is -2.87. The third-order valence-corrected chi connectivity index (χ3v) is 4.09. The van der Waals surface area contributed by atoms with Gasteiger partial charge in [0.25, 0.3) is 0 Å². The third-order valence-electron chi connectivity index (χ3n) is 3.87. The lowest BCUT2D eigenvalue weighted by atomic mass is 10.0. The standard InChI is InChI=1S/C19H19ClFN3O4/c1-11(25)23-15(8-12-3-2-4-14(21)7-12)18(26)24-16(19(27)28)9-13-5-6-17(20)22-10-13/h2-7,10,15-16H,8-9H2,1H3,(H,23,25)(H,24,26)(H,27,28)/t15-,16+/m1/s1. The van der Waals surface area contributed by atoms with E-state index in [0.29, 0.717) is 11.1 Å². The monoisotopic (exact) mass is 407 g/mol. The number of amides is 2. The smallest absolute Gasteiger partial charge is 0.326 e. The van der Waals surface area contributed by atoms with Crippen LogP contribution in [0, 0.1) is 5.82 Å². The Morgan fingerprint density at radius 3 is 2.39 bits per heavy atom. The Morgan fingerprint density at radius 1 is 1.11 bits per heavy atom. The summed E-state index contributed by atoms with van der Waals surface area (Å²) in [5, 5.41) is 14.6. The number of hydrogen-bond donors (Lipinski definition) is 3. The van der Waals surface area contributed by atoms with Crippen molar-refractivity contribution in [1.29, 1.82) is 0 Å². The van der Waals surface area contributed by atoms with E-state index in [1.54, 1.807) is 12.1 Å². The maximum absolute atomic E-state index is 13.4. The van der Waals surface area contributed by atoms with E-state index in [9.17, 15) is 23.9 Å². The van der Waals surface area contributed by atoms with Gasteiger partial charge in [0.2, 0.25) is 11.8 Å². The van der Waals surface area contributed by atoms with Crippen LogP contribution in [0.5, 0.6) is 0 Å². The number of benzene rings is 1. The van der Waals surface area contributed by atoms with E-state index in [1.165, 1.54) is 37.4 Å². The first-order valence-corrected chi connectivity index (χ1v) is 8.77. The van der Waals surface area contributed by atoms with Crippen molar-refractivity contribution >= 4 is 29.4 Å². The largest absolute Gasteiger partial charge is 0.480 e. The molecular weight excluding hydrogens is 389 g/mol. The number of hydrogen-bond acceptors (Lipinski definition) is 4. The van der Waals surface area contributed by atoms with Crippen molar-refractivity contribution < 1.29 is 23.9 Å². The highest BCUT2D eigenvalue weighted by Gasteiger charge is 2.26. The van der Waals surface area contributed by atoms with Crippen molar-refractivity contribution in [3.8, 4) is 0 Å². The summed E-state index contributed by atoms with van der Waals surface area (Å²) in [6.07, 6.45) is 1.42. The summed E-state index contributed by atoms with van der Waals surface area (Å²) in [4.78, 5) is 39.5. The summed E-state index contributed by atoms with van der Waals surface area (Å²) in [7, 11) is 0. The summed E-state index contributed by atoms with van der Waals surface area (Å²) in [5.41, 5.74) is 1.06. The maximum atomic E-state index is 13.4. The molecule has 9 heteroatoms. The van der Waals surface area contributed by atoms with Gasteiger partial charge in [-0.1, -0.05) is 29.8 Å². The molecule has 0 aliphatic rings.